The fourth-order valence-corrected chi connectivity index (χ4v) is 5.68. The number of methoxy groups -OCH3 is 1. The van der Waals surface area contributed by atoms with Gasteiger partial charge in [-0.25, -0.2) is 0 Å². The topological polar surface area (TPSA) is 43.4 Å². The summed E-state index contributed by atoms with van der Waals surface area (Å²) in [7, 11) is 1.49. The van der Waals surface area contributed by atoms with Gasteiger partial charge in [0.1, 0.15) is 0 Å². The first-order valence-corrected chi connectivity index (χ1v) is 9.27. The SMILES string of the molecule is COC(=O)[C@]1(C)CCC[C@@]2(C)[C@H]1CC=C1C=C(C(C)C)C(=O)C[C@@H]12. The molecule has 3 heteroatoms. The Morgan fingerprint density at radius 3 is 2.62 bits per heavy atom. The molecule has 0 bridgehead atoms. The van der Waals surface area contributed by atoms with Crippen molar-refractivity contribution in [3.8, 4) is 0 Å². The lowest BCUT2D eigenvalue weighted by atomic mass is 9.47. The van der Waals surface area contributed by atoms with Crippen molar-refractivity contribution < 1.29 is 14.3 Å². The highest BCUT2D eigenvalue weighted by molar-refractivity contribution is 5.98. The van der Waals surface area contributed by atoms with E-state index in [0.29, 0.717) is 12.2 Å². The van der Waals surface area contributed by atoms with Crippen LogP contribution in [0.3, 0.4) is 0 Å². The molecule has 0 aliphatic heterocycles. The molecule has 3 nitrogen and oxygen atoms in total. The highest BCUT2D eigenvalue weighted by Crippen LogP contribution is 2.61. The molecule has 4 atom stereocenters. The van der Waals surface area contributed by atoms with Crippen LogP contribution >= 0.6 is 0 Å². The number of fused-ring (bicyclic) bond motifs is 3. The van der Waals surface area contributed by atoms with Crippen LogP contribution in [0.2, 0.25) is 0 Å². The van der Waals surface area contributed by atoms with Crippen molar-refractivity contribution in [2.75, 3.05) is 7.11 Å². The van der Waals surface area contributed by atoms with Crippen LogP contribution in [0.5, 0.6) is 0 Å². The number of rotatable bonds is 2. The number of carbonyl (C=O) groups is 2. The van der Waals surface area contributed by atoms with Crippen molar-refractivity contribution >= 4 is 11.8 Å². The van der Waals surface area contributed by atoms with Crippen molar-refractivity contribution in [1.29, 1.82) is 0 Å². The predicted octanol–water partition coefficient (Wildman–Crippen LogP) is 4.47. The maximum Gasteiger partial charge on any atom is 0.311 e. The third-order valence-corrected chi connectivity index (χ3v) is 7.07. The minimum absolute atomic E-state index is 0.0000567. The van der Waals surface area contributed by atoms with E-state index >= 15 is 0 Å². The molecule has 0 aromatic rings. The molecular weight excluding hydrogens is 300 g/mol. The number of allylic oxidation sites excluding steroid dienone is 4. The second-order valence-electron chi connectivity index (χ2n) is 8.70. The van der Waals surface area contributed by atoms with Crippen LogP contribution in [-0.2, 0) is 14.3 Å². The van der Waals surface area contributed by atoms with E-state index < -0.39 is 5.41 Å². The Labute approximate surface area is 145 Å². The maximum absolute atomic E-state index is 12.7. The monoisotopic (exact) mass is 330 g/mol. The first kappa shape index (κ1) is 17.4. The summed E-state index contributed by atoms with van der Waals surface area (Å²) < 4.78 is 5.15. The molecule has 132 valence electrons. The first-order chi connectivity index (χ1) is 11.2. The van der Waals surface area contributed by atoms with Gasteiger partial charge in [0.25, 0.3) is 0 Å². The zero-order chi connectivity index (χ0) is 17.7. The second-order valence-corrected chi connectivity index (χ2v) is 8.70. The molecule has 1 fully saturated rings. The quantitative estimate of drug-likeness (QED) is 0.701. The van der Waals surface area contributed by atoms with E-state index in [1.165, 1.54) is 12.7 Å². The Morgan fingerprint density at radius 2 is 2.00 bits per heavy atom. The number of hydrogen-bond donors (Lipinski definition) is 0. The van der Waals surface area contributed by atoms with E-state index in [4.69, 9.17) is 4.74 Å². The van der Waals surface area contributed by atoms with Gasteiger partial charge in [0.2, 0.25) is 0 Å². The van der Waals surface area contributed by atoms with Gasteiger partial charge in [-0.1, -0.05) is 39.3 Å². The zero-order valence-corrected chi connectivity index (χ0v) is 15.6. The lowest BCUT2D eigenvalue weighted by Crippen LogP contribution is -2.53. The minimum Gasteiger partial charge on any atom is -0.469 e. The second kappa shape index (κ2) is 5.86. The highest BCUT2D eigenvalue weighted by Gasteiger charge is 2.58. The molecular formula is C21H30O3. The van der Waals surface area contributed by atoms with Gasteiger partial charge < -0.3 is 4.74 Å². The van der Waals surface area contributed by atoms with Crippen LogP contribution in [-0.4, -0.2) is 18.9 Å². The van der Waals surface area contributed by atoms with Crippen molar-refractivity contribution in [3.05, 3.63) is 23.3 Å². The number of ether oxygens (including phenoxy) is 1. The van der Waals surface area contributed by atoms with Crippen molar-refractivity contribution in [2.45, 2.75) is 59.8 Å². The molecule has 0 heterocycles. The van der Waals surface area contributed by atoms with Crippen molar-refractivity contribution in [2.24, 2.45) is 28.6 Å². The molecule has 1 saturated carbocycles. The fraction of sp³-hybridized carbons (Fsp3) is 0.714. The van der Waals surface area contributed by atoms with Gasteiger partial charge in [-0.3, -0.25) is 9.59 Å². The average molecular weight is 330 g/mol. The lowest BCUT2D eigenvalue weighted by Gasteiger charge is -2.57. The molecule has 0 spiro atoms. The summed E-state index contributed by atoms with van der Waals surface area (Å²) in [5.41, 5.74) is 1.85. The molecule has 0 aromatic heterocycles. The number of carbonyl (C=O) groups excluding carboxylic acids is 2. The fourth-order valence-electron chi connectivity index (χ4n) is 5.68. The number of hydrogen-bond acceptors (Lipinski definition) is 3. The number of Topliss-reactive ketones (excluding diaryl/α,β-unsaturated/α-hetero) is 1. The Balaban J connectivity index is 2.04. The smallest absolute Gasteiger partial charge is 0.311 e. The molecule has 3 aliphatic carbocycles. The first-order valence-electron chi connectivity index (χ1n) is 9.27. The Morgan fingerprint density at radius 1 is 1.29 bits per heavy atom. The standard InChI is InChI=1S/C21H30O3/c1-13(2)15-11-14-7-8-18-20(3,16(14)12-17(15)22)9-6-10-21(18,4)19(23)24-5/h7,11,13,16,18H,6,8-10,12H2,1-5H3/t16-,18+,20+,21+/m0/s1. The van der Waals surface area contributed by atoms with Gasteiger partial charge in [-0.2, -0.15) is 0 Å². The molecule has 24 heavy (non-hydrogen) atoms. The van der Waals surface area contributed by atoms with E-state index in [1.54, 1.807) is 0 Å². The normalized spacial score (nSPS) is 38.8. The van der Waals surface area contributed by atoms with Crippen LogP contribution in [0, 0.1) is 28.6 Å². The summed E-state index contributed by atoms with van der Waals surface area (Å²) in [4.78, 5) is 25.2. The van der Waals surface area contributed by atoms with E-state index in [0.717, 1.165) is 31.3 Å². The summed E-state index contributed by atoms with van der Waals surface area (Å²) in [6.45, 7) is 8.55. The van der Waals surface area contributed by atoms with Crippen molar-refractivity contribution in [1.82, 2.24) is 0 Å². The summed E-state index contributed by atoms with van der Waals surface area (Å²) in [5.74, 6) is 0.976. The molecule has 3 aliphatic rings. The van der Waals surface area contributed by atoms with E-state index in [-0.39, 0.29) is 29.1 Å². The minimum atomic E-state index is -0.436. The van der Waals surface area contributed by atoms with E-state index in [9.17, 15) is 9.59 Å². The molecule has 0 aromatic carbocycles. The molecule has 0 unspecified atom stereocenters. The van der Waals surface area contributed by atoms with Gasteiger partial charge in [0.15, 0.2) is 5.78 Å². The Hall–Kier alpha value is -1.38. The van der Waals surface area contributed by atoms with E-state index in [2.05, 4.69) is 39.8 Å². The van der Waals surface area contributed by atoms with Gasteiger partial charge in [-0.05, 0) is 60.5 Å². The molecule has 0 radical (unpaired) electrons. The predicted molar refractivity (Wildman–Crippen MR) is 94.3 cm³/mol. The van der Waals surface area contributed by atoms with Crippen LogP contribution in [0.25, 0.3) is 0 Å². The van der Waals surface area contributed by atoms with Crippen LogP contribution < -0.4 is 0 Å². The largest absolute Gasteiger partial charge is 0.469 e. The summed E-state index contributed by atoms with van der Waals surface area (Å²) in [5, 5.41) is 0. The Bertz CT molecular complexity index is 627. The summed E-state index contributed by atoms with van der Waals surface area (Å²) in [6, 6.07) is 0. The number of esters is 1. The zero-order valence-electron chi connectivity index (χ0n) is 15.6. The van der Waals surface area contributed by atoms with Gasteiger partial charge in [-0.15, -0.1) is 0 Å². The summed E-state index contributed by atoms with van der Waals surface area (Å²) >= 11 is 0. The molecule has 0 N–H and O–H groups in total. The van der Waals surface area contributed by atoms with Crippen LogP contribution in [0.15, 0.2) is 23.3 Å². The molecule has 0 saturated heterocycles. The summed E-state index contributed by atoms with van der Waals surface area (Å²) in [6.07, 6.45) is 8.94. The van der Waals surface area contributed by atoms with Gasteiger partial charge in [0, 0.05) is 6.42 Å². The lowest BCUT2D eigenvalue weighted by molar-refractivity contribution is -0.166. The number of ketones is 1. The Kier molecular flexibility index (Phi) is 4.26. The third-order valence-electron chi connectivity index (χ3n) is 7.07. The highest BCUT2D eigenvalue weighted by atomic mass is 16.5. The van der Waals surface area contributed by atoms with Crippen LogP contribution in [0.4, 0.5) is 0 Å². The van der Waals surface area contributed by atoms with Gasteiger partial charge >= 0.3 is 5.97 Å². The average Bonchev–Trinajstić information content (AvgIpc) is 2.53. The van der Waals surface area contributed by atoms with Gasteiger partial charge in [0.05, 0.1) is 12.5 Å². The maximum atomic E-state index is 12.7. The van der Waals surface area contributed by atoms with E-state index in [1.807, 2.05) is 0 Å². The van der Waals surface area contributed by atoms with Crippen molar-refractivity contribution in [3.63, 3.8) is 0 Å². The van der Waals surface area contributed by atoms with Crippen LogP contribution in [0.1, 0.15) is 59.8 Å². The third kappa shape index (κ3) is 2.39. The molecule has 3 rings (SSSR count). The molecule has 0 amide bonds.